The quantitative estimate of drug-likeness (QED) is 0.537. The molecule has 1 aromatic heterocycles. The lowest BCUT2D eigenvalue weighted by atomic mass is 10.2. The van der Waals surface area contributed by atoms with Gasteiger partial charge in [-0.05, 0) is 59.7 Å². The minimum absolute atomic E-state index is 0.0647. The highest BCUT2D eigenvalue weighted by atomic mass is 127. The number of rotatable bonds is 6. The molecule has 0 atom stereocenters. The number of carbonyl (C=O) groups excluding carboxylic acids is 1. The van der Waals surface area contributed by atoms with Crippen LogP contribution in [0.2, 0.25) is 0 Å². The second-order valence-corrected chi connectivity index (χ2v) is 6.93. The summed E-state index contributed by atoms with van der Waals surface area (Å²) in [5.41, 5.74) is 1.78. The Labute approximate surface area is 155 Å². The molecular weight excluding hydrogens is 417 g/mol. The summed E-state index contributed by atoms with van der Waals surface area (Å²) in [6.07, 6.45) is 4.26. The molecule has 24 heavy (non-hydrogen) atoms. The first-order valence-electron chi connectivity index (χ1n) is 8.08. The Kier molecular flexibility index (Phi) is 5.84. The molecule has 1 amide bonds. The molecule has 2 aromatic rings. The number of hydrogen-bond donors (Lipinski definition) is 2. The standard InChI is InChI=1S/C17H20IN5O/c18-14-5-3-13(4-6-14)17(24)20-8-7-19-16-11-15(12-21-22-16)23-9-1-2-10-23/h3-6,11-12H,1-2,7-10H2,(H,19,22)(H,20,24). The van der Waals surface area contributed by atoms with Gasteiger partial charge in [0.25, 0.3) is 5.91 Å². The van der Waals surface area contributed by atoms with Crippen LogP contribution in [0.5, 0.6) is 0 Å². The minimum Gasteiger partial charge on any atom is -0.370 e. The van der Waals surface area contributed by atoms with Crippen molar-refractivity contribution in [1.29, 1.82) is 0 Å². The van der Waals surface area contributed by atoms with Crippen molar-refractivity contribution in [3.63, 3.8) is 0 Å². The lowest BCUT2D eigenvalue weighted by Crippen LogP contribution is -2.29. The number of aromatic nitrogens is 2. The van der Waals surface area contributed by atoms with E-state index in [1.807, 2.05) is 30.3 Å². The molecule has 1 aliphatic heterocycles. The Morgan fingerprint density at radius 3 is 2.67 bits per heavy atom. The highest BCUT2D eigenvalue weighted by Crippen LogP contribution is 2.20. The van der Waals surface area contributed by atoms with Gasteiger partial charge in [-0.1, -0.05) is 0 Å². The van der Waals surface area contributed by atoms with E-state index in [4.69, 9.17) is 0 Å². The van der Waals surface area contributed by atoms with Crippen molar-refractivity contribution in [2.75, 3.05) is 36.4 Å². The van der Waals surface area contributed by atoms with Crippen LogP contribution < -0.4 is 15.5 Å². The van der Waals surface area contributed by atoms with Crippen molar-refractivity contribution in [3.05, 3.63) is 45.7 Å². The van der Waals surface area contributed by atoms with Gasteiger partial charge < -0.3 is 15.5 Å². The van der Waals surface area contributed by atoms with E-state index in [1.165, 1.54) is 12.8 Å². The summed E-state index contributed by atoms with van der Waals surface area (Å²) >= 11 is 2.22. The van der Waals surface area contributed by atoms with Crippen LogP contribution in [0.3, 0.4) is 0 Å². The average molecular weight is 437 g/mol. The maximum absolute atomic E-state index is 12.0. The number of nitrogens with one attached hydrogen (secondary N) is 2. The maximum Gasteiger partial charge on any atom is 0.251 e. The van der Waals surface area contributed by atoms with Gasteiger partial charge in [-0.3, -0.25) is 4.79 Å². The molecule has 1 aliphatic rings. The number of hydrogen-bond acceptors (Lipinski definition) is 5. The van der Waals surface area contributed by atoms with E-state index >= 15 is 0 Å². The summed E-state index contributed by atoms with van der Waals surface area (Å²) in [6, 6.07) is 9.52. The van der Waals surface area contributed by atoms with Gasteiger partial charge in [-0.25, -0.2) is 0 Å². The normalized spacial score (nSPS) is 13.8. The molecule has 1 fully saturated rings. The van der Waals surface area contributed by atoms with Crippen LogP contribution in [0, 0.1) is 3.57 Å². The van der Waals surface area contributed by atoms with Gasteiger partial charge in [-0.15, -0.1) is 5.10 Å². The first-order chi connectivity index (χ1) is 11.7. The van der Waals surface area contributed by atoms with Crippen molar-refractivity contribution in [1.82, 2.24) is 15.5 Å². The van der Waals surface area contributed by atoms with Crippen molar-refractivity contribution in [2.45, 2.75) is 12.8 Å². The predicted octanol–water partition coefficient (Wildman–Crippen LogP) is 2.52. The highest BCUT2D eigenvalue weighted by molar-refractivity contribution is 14.1. The smallest absolute Gasteiger partial charge is 0.251 e. The van der Waals surface area contributed by atoms with E-state index < -0.39 is 0 Å². The lowest BCUT2D eigenvalue weighted by Gasteiger charge is -2.17. The summed E-state index contributed by atoms with van der Waals surface area (Å²) < 4.78 is 1.11. The Bertz CT molecular complexity index is 686. The van der Waals surface area contributed by atoms with Gasteiger partial charge in [0.05, 0.1) is 11.9 Å². The van der Waals surface area contributed by atoms with E-state index in [0.717, 1.165) is 28.2 Å². The summed E-state index contributed by atoms with van der Waals surface area (Å²) in [5, 5.41) is 14.3. The van der Waals surface area contributed by atoms with Gasteiger partial charge >= 0.3 is 0 Å². The van der Waals surface area contributed by atoms with E-state index in [1.54, 1.807) is 6.20 Å². The monoisotopic (exact) mass is 437 g/mol. The molecule has 0 bridgehead atoms. The first-order valence-corrected chi connectivity index (χ1v) is 9.15. The van der Waals surface area contributed by atoms with Crippen LogP contribution in [0.1, 0.15) is 23.2 Å². The highest BCUT2D eigenvalue weighted by Gasteiger charge is 2.13. The molecule has 0 spiro atoms. The first kappa shape index (κ1) is 16.9. The third kappa shape index (κ3) is 4.56. The third-order valence-electron chi connectivity index (χ3n) is 3.93. The van der Waals surface area contributed by atoms with Crippen molar-refractivity contribution in [3.8, 4) is 0 Å². The molecule has 7 heteroatoms. The fraction of sp³-hybridized carbons (Fsp3) is 0.353. The van der Waals surface area contributed by atoms with Gasteiger partial charge in [0, 0.05) is 41.4 Å². The van der Waals surface area contributed by atoms with Gasteiger partial charge in [0.2, 0.25) is 0 Å². The number of halogens is 1. The predicted molar refractivity (Wildman–Crippen MR) is 103 cm³/mol. The van der Waals surface area contributed by atoms with Crippen molar-refractivity contribution >= 4 is 40.0 Å². The molecule has 0 unspecified atom stereocenters. The second kappa shape index (κ2) is 8.27. The van der Waals surface area contributed by atoms with Crippen LogP contribution in [0.15, 0.2) is 36.5 Å². The van der Waals surface area contributed by atoms with Crippen LogP contribution in [0.25, 0.3) is 0 Å². The Morgan fingerprint density at radius 2 is 1.92 bits per heavy atom. The fourth-order valence-corrected chi connectivity index (χ4v) is 3.02. The number of amides is 1. The molecule has 126 valence electrons. The summed E-state index contributed by atoms with van der Waals surface area (Å²) in [6.45, 7) is 3.29. The van der Waals surface area contributed by atoms with E-state index in [9.17, 15) is 4.79 Å². The third-order valence-corrected chi connectivity index (χ3v) is 4.65. The van der Waals surface area contributed by atoms with Gasteiger partial charge in [0.1, 0.15) is 0 Å². The maximum atomic E-state index is 12.0. The van der Waals surface area contributed by atoms with Gasteiger partial charge in [0.15, 0.2) is 5.82 Å². The van der Waals surface area contributed by atoms with E-state index in [2.05, 4.69) is 48.3 Å². The number of anilines is 2. The molecule has 1 aromatic carbocycles. The number of nitrogens with zero attached hydrogens (tertiary/aromatic N) is 3. The van der Waals surface area contributed by atoms with E-state index in [0.29, 0.717) is 18.7 Å². The lowest BCUT2D eigenvalue weighted by molar-refractivity contribution is 0.0955. The van der Waals surface area contributed by atoms with Crippen LogP contribution in [-0.2, 0) is 0 Å². The Balaban J connectivity index is 1.45. The second-order valence-electron chi connectivity index (χ2n) is 5.68. The zero-order valence-corrected chi connectivity index (χ0v) is 15.5. The molecule has 6 nitrogen and oxygen atoms in total. The largest absolute Gasteiger partial charge is 0.370 e. The van der Waals surface area contributed by atoms with Crippen molar-refractivity contribution in [2.24, 2.45) is 0 Å². The van der Waals surface area contributed by atoms with Gasteiger partial charge in [-0.2, -0.15) is 5.10 Å². The molecule has 2 heterocycles. The fourth-order valence-electron chi connectivity index (χ4n) is 2.66. The van der Waals surface area contributed by atoms with Crippen LogP contribution >= 0.6 is 22.6 Å². The Hall–Kier alpha value is -1.90. The number of carbonyl (C=O) groups is 1. The molecular formula is C17H20IN5O. The van der Waals surface area contributed by atoms with Crippen molar-refractivity contribution < 1.29 is 4.79 Å². The van der Waals surface area contributed by atoms with Crippen LogP contribution in [-0.4, -0.2) is 42.3 Å². The Morgan fingerprint density at radius 1 is 1.17 bits per heavy atom. The zero-order valence-electron chi connectivity index (χ0n) is 13.3. The summed E-state index contributed by atoms with van der Waals surface area (Å²) in [5.74, 6) is 0.674. The molecule has 0 aliphatic carbocycles. The molecule has 1 saturated heterocycles. The SMILES string of the molecule is O=C(NCCNc1cc(N2CCCC2)cnn1)c1ccc(I)cc1. The molecule has 3 rings (SSSR count). The average Bonchev–Trinajstić information content (AvgIpc) is 3.14. The molecule has 0 radical (unpaired) electrons. The number of benzene rings is 1. The minimum atomic E-state index is -0.0647. The summed E-state index contributed by atoms with van der Waals surface area (Å²) in [7, 11) is 0. The van der Waals surface area contributed by atoms with Crippen LogP contribution in [0.4, 0.5) is 11.5 Å². The molecule has 2 N–H and O–H groups in total. The molecule has 0 saturated carbocycles. The summed E-state index contributed by atoms with van der Waals surface area (Å²) in [4.78, 5) is 14.3. The topological polar surface area (TPSA) is 70.2 Å². The zero-order chi connectivity index (χ0) is 16.8. The van der Waals surface area contributed by atoms with E-state index in [-0.39, 0.29) is 5.91 Å².